The van der Waals surface area contributed by atoms with Gasteiger partial charge in [0.2, 0.25) is 0 Å². The van der Waals surface area contributed by atoms with Crippen LogP contribution in [0.1, 0.15) is 32.4 Å². The van der Waals surface area contributed by atoms with Gasteiger partial charge in [0.15, 0.2) is 0 Å². The number of ether oxygens (including phenoxy) is 1. The summed E-state index contributed by atoms with van der Waals surface area (Å²) in [4.78, 5) is 44.2. The summed E-state index contributed by atoms with van der Waals surface area (Å²) in [5.74, 6) is -0.521. The third-order valence-corrected chi connectivity index (χ3v) is 6.71. The molecule has 1 saturated heterocycles. The number of piperazine rings is 1. The normalized spacial score (nSPS) is 18.8. The summed E-state index contributed by atoms with van der Waals surface area (Å²) in [5.41, 5.74) is 1.48. The van der Waals surface area contributed by atoms with Gasteiger partial charge in [-0.15, -0.1) is 6.58 Å². The molecule has 9 nitrogen and oxygen atoms in total. The first-order valence-corrected chi connectivity index (χ1v) is 12.7. The van der Waals surface area contributed by atoms with Crippen LogP contribution in [-0.2, 0) is 9.53 Å². The molecule has 2 heterocycles. The minimum atomic E-state index is -0.763. The number of urea groups is 2. The van der Waals surface area contributed by atoms with Crippen LogP contribution in [0.5, 0.6) is 0 Å². The number of amides is 4. The molecule has 0 saturated carbocycles. The third kappa shape index (κ3) is 6.52. The summed E-state index contributed by atoms with van der Waals surface area (Å²) in [6.45, 7) is 12.3. The highest BCUT2D eigenvalue weighted by atomic mass is 35.5. The number of esters is 1. The van der Waals surface area contributed by atoms with Crippen molar-refractivity contribution in [3.63, 3.8) is 0 Å². The fourth-order valence-corrected chi connectivity index (χ4v) is 4.55. The first kappa shape index (κ1) is 27.8. The van der Waals surface area contributed by atoms with Gasteiger partial charge in [0.1, 0.15) is 0 Å². The van der Waals surface area contributed by atoms with Gasteiger partial charge in [-0.05, 0) is 38.5 Å². The van der Waals surface area contributed by atoms with Crippen LogP contribution in [0.4, 0.5) is 9.59 Å². The molecule has 0 aromatic heterocycles. The number of carbonyl (C=O) groups excluding carboxylic acids is 3. The molecule has 0 radical (unpaired) electrons. The van der Waals surface area contributed by atoms with E-state index in [9.17, 15) is 14.4 Å². The lowest BCUT2D eigenvalue weighted by Crippen LogP contribution is -2.55. The summed E-state index contributed by atoms with van der Waals surface area (Å²) in [6, 6.07) is 3.84. The molecule has 0 bridgehead atoms. The molecule has 3 rings (SSSR count). The Balaban J connectivity index is 1.96. The highest BCUT2D eigenvalue weighted by Gasteiger charge is 2.39. The zero-order valence-corrected chi connectivity index (χ0v) is 22.4. The lowest BCUT2D eigenvalue weighted by Gasteiger charge is -2.40. The number of halogens is 2. The Morgan fingerprint density at radius 2 is 1.92 bits per heavy atom. The van der Waals surface area contributed by atoms with Crippen LogP contribution < -0.4 is 10.6 Å². The SMILES string of the molecule is C=CCN1C(=O)N[C@H](c2ccc(Cl)c(Cl)c2)C(C(=O)OCC)=C1CN1CCN(C(=O)NC(C)C)CC1. The summed E-state index contributed by atoms with van der Waals surface area (Å²) in [5, 5.41) is 6.51. The van der Waals surface area contributed by atoms with E-state index in [0.29, 0.717) is 59.6 Å². The van der Waals surface area contributed by atoms with E-state index in [2.05, 4.69) is 22.1 Å². The van der Waals surface area contributed by atoms with Gasteiger partial charge in [-0.25, -0.2) is 14.4 Å². The molecule has 2 aliphatic heterocycles. The van der Waals surface area contributed by atoms with Crippen LogP contribution in [0.3, 0.4) is 0 Å². The van der Waals surface area contributed by atoms with E-state index in [4.69, 9.17) is 27.9 Å². The third-order valence-electron chi connectivity index (χ3n) is 5.97. The van der Waals surface area contributed by atoms with E-state index >= 15 is 0 Å². The van der Waals surface area contributed by atoms with Crippen molar-refractivity contribution in [1.82, 2.24) is 25.3 Å². The molecule has 11 heteroatoms. The van der Waals surface area contributed by atoms with Gasteiger partial charge in [0.05, 0.1) is 28.3 Å². The largest absolute Gasteiger partial charge is 0.463 e. The minimum Gasteiger partial charge on any atom is -0.463 e. The van der Waals surface area contributed by atoms with Crippen molar-refractivity contribution in [3.05, 3.63) is 57.7 Å². The molecule has 0 unspecified atom stereocenters. The van der Waals surface area contributed by atoms with Gasteiger partial charge in [0.25, 0.3) is 0 Å². The maximum Gasteiger partial charge on any atom is 0.338 e. The van der Waals surface area contributed by atoms with Crippen molar-refractivity contribution in [2.45, 2.75) is 32.9 Å². The number of nitrogens with zero attached hydrogens (tertiary/aromatic N) is 3. The van der Waals surface area contributed by atoms with E-state index in [-0.39, 0.29) is 31.3 Å². The van der Waals surface area contributed by atoms with Crippen molar-refractivity contribution in [1.29, 1.82) is 0 Å². The van der Waals surface area contributed by atoms with Crippen LogP contribution in [0.2, 0.25) is 10.0 Å². The first-order valence-electron chi connectivity index (χ1n) is 12.0. The van der Waals surface area contributed by atoms with Gasteiger partial charge >= 0.3 is 18.0 Å². The number of nitrogens with one attached hydrogen (secondary N) is 2. The zero-order chi connectivity index (χ0) is 26.4. The number of hydrogen-bond donors (Lipinski definition) is 2. The lowest BCUT2D eigenvalue weighted by atomic mass is 9.94. The second kappa shape index (κ2) is 12.5. The molecule has 2 aliphatic rings. The standard InChI is InChI=1S/C25H33Cl2N5O4/c1-5-9-32-20(15-30-10-12-31(13-11-30)24(34)28-16(3)4)21(23(33)36-6-2)22(29-25(32)35)17-7-8-18(26)19(27)14-17/h5,7-8,14,16,22H,1,6,9-13,15H2,2-4H3,(H,28,34)(H,29,35)/t22-/m1/s1. The molecular weight excluding hydrogens is 505 g/mol. The van der Waals surface area contributed by atoms with E-state index in [0.717, 1.165) is 0 Å². The molecule has 196 valence electrons. The van der Waals surface area contributed by atoms with Gasteiger partial charge in [0, 0.05) is 51.0 Å². The van der Waals surface area contributed by atoms with Crippen LogP contribution in [0, 0.1) is 0 Å². The minimum absolute atomic E-state index is 0.0549. The molecular formula is C25H33Cl2N5O4. The monoisotopic (exact) mass is 537 g/mol. The Morgan fingerprint density at radius 3 is 2.50 bits per heavy atom. The molecule has 2 N–H and O–H groups in total. The summed E-state index contributed by atoms with van der Waals surface area (Å²) < 4.78 is 5.41. The molecule has 0 aliphatic carbocycles. The number of rotatable bonds is 8. The average Bonchev–Trinajstić information content (AvgIpc) is 2.83. The van der Waals surface area contributed by atoms with Crippen LogP contribution in [0.15, 0.2) is 42.1 Å². The second-order valence-electron chi connectivity index (χ2n) is 8.90. The van der Waals surface area contributed by atoms with Crippen molar-refractivity contribution >= 4 is 41.2 Å². The Labute approximate surface area is 222 Å². The highest BCUT2D eigenvalue weighted by molar-refractivity contribution is 6.42. The fraction of sp³-hybridized carbons (Fsp3) is 0.480. The summed E-state index contributed by atoms with van der Waals surface area (Å²) in [7, 11) is 0. The topological polar surface area (TPSA) is 94.2 Å². The average molecular weight is 538 g/mol. The van der Waals surface area contributed by atoms with Gasteiger partial charge in [-0.1, -0.05) is 35.3 Å². The molecule has 36 heavy (non-hydrogen) atoms. The Hall–Kier alpha value is -2.75. The fourth-order valence-electron chi connectivity index (χ4n) is 4.25. The Morgan fingerprint density at radius 1 is 1.22 bits per heavy atom. The van der Waals surface area contributed by atoms with Gasteiger partial charge in [-0.3, -0.25) is 9.80 Å². The van der Waals surface area contributed by atoms with E-state index in [1.807, 2.05) is 13.8 Å². The molecule has 0 spiro atoms. The van der Waals surface area contributed by atoms with Crippen molar-refractivity contribution in [2.24, 2.45) is 0 Å². The van der Waals surface area contributed by atoms with Crippen molar-refractivity contribution in [3.8, 4) is 0 Å². The van der Waals surface area contributed by atoms with Crippen molar-refractivity contribution < 1.29 is 19.1 Å². The first-order chi connectivity index (χ1) is 17.2. The Bertz CT molecular complexity index is 1040. The molecule has 4 amide bonds. The second-order valence-corrected chi connectivity index (χ2v) is 9.72. The number of benzene rings is 1. The zero-order valence-electron chi connectivity index (χ0n) is 20.9. The van der Waals surface area contributed by atoms with E-state index in [1.54, 1.807) is 36.1 Å². The van der Waals surface area contributed by atoms with Crippen LogP contribution in [-0.4, -0.2) is 84.6 Å². The molecule has 1 aromatic carbocycles. The Kier molecular flexibility index (Phi) is 9.64. The van der Waals surface area contributed by atoms with E-state index < -0.39 is 12.0 Å². The predicted molar refractivity (Wildman–Crippen MR) is 140 cm³/mol. The number of hydrogen-bond acceptors (Lipinski definition) is 5. The lowest BCUT2D eigenvalue weighted by molar-refractivity contribution is -0.139. The van der Waals surface area contributed by atoms with E-state index in [1.165, 1.54) is 4.90 Å². The van der Waals surface area contributed by atoms with Gasteiger partial charge in [-0.2, -0.15) is 0 Å². The molecule has 1 aromatic rings. The van der Waals surface area contributed by atoms with Gasteiger partial charge < -0.3 is 20.3 Å². The molecule has 1 atom stereocenters. The molecule has 1 fully saturated rings. The summed E-state index contributed by atoms with van der Waals surface area (Å²) in [6.07, 6.45) is 1.61. The summed E-state index contributed by atoms with van der Waals surface area (Å²) >= 11 is 12.4. The van der Waals surface area contributed by atoms with Crippen LogP contribution in [0.25, 0.3) is 0 Å². The van der Waals surface area contributed by atoms with Crippen LogP contribution >= 0.6 is 23.2 Å². The predicted octanol–water partition coefficient (Wildman–Crippen LogP) is 3.80. The highest BCUT2D eigenvalue weighted by Crippen LogP contribution is 2.35. The number of carbonyl (C=O) groups is 3. The smallest absolute Gasteiger partial charge is 0.338 e. The van der Waals surface area contributed by atoms with Crippen molar-refractivity contribution in [2.75, 3.05) is 45.9 Å². The maximum atomic E-state index is 13.3. The quantitative estimate of drug-likeness (QED) is 0.388. The maximum absolute atomic E-state index is 13.3.